The molecule has 3 nitrogen and oxygen atoms in total. The lowest BCUT2D eigenvalue weighted by atomic mass is 10.2. The highest BCUT2D eigenvalue weighted by molar-refractivity contribution is 9.10. The highest BCUT2D eigenvalue weighted by atomic mass is 79.9. The Labute approximate surface area is 102 Å². The second-order valence-electron chi connectivity index (χ2n) is 3.31. The molecule has 0 saturated carbocycles. The lowest BCUT2D eigenvalue weighted by Gasteiger charge is -2.15. The third kappa shape index (κ3) is 2.36. The molecular weight excluding hydrogens is 279 g/mol. The highest BCUT2D eigenvalue weighted by Crippen LogP contribution is 2.35. The Balaban J connectivity index is 2.39. The van der Waals surface area contributed by atoms with Crippen molar-refractivity contribution in [3.8, 4) is 5.75 Å². The molecule has 1 aromatic rings. The van der Waals surface area contributed by atoms with Crippen molar-refractivity contribution in [2.24, 2.45) is 0 Å². The summed E-state index contributed by atoms with van der Waals surface area (Å²) in [6.07, 6.45) is -0.534. The van der Waals surface area contributed by atoms with Gasteiger partial charge >= 0.3 is 0 Å². The van der Waals surface area contributed by atoms with E-state index in [1.165, 1.54) is 6.07 Å². The molecule has 0 aromatic heterocycles. The van der Waals surface area contributed by atoms with Crippen LogP contribution in [-0.2, 0) is 9.47 Å². The molecule has 0 bridgehead atoms. The minimum Gasteiger partial charge on any atom is -0.490 e. The van der Waals surface area contributed by atoms with E-state index in [9.17, 15) is 4.39 Å². The molecule has 0 radical (unpaired) electrons. The predicted molar refractivity (Wildman–Crippen MR) is 59.9 cm³/mol. The van der Waals surface area contributed by atoms with E-state index in [-0.39, 0.29) is 5.75 Å². The molecule has 1 heterocycles. The van der Waals surface area contributed by atoms with Crippen LogP contribution in [0.25, 0.3) is 0 Å². The van der Waals surface area contributed by atoms with E-state index in [0.717, 1.165) is 0 Å². The van der Waals surface area contributed by atoms with Crippen molar-refractivity contribution in [1.82, 2.24) is 0 Å². The summed E-state index contributed by atoms with van der Waals surface area (Å²) < 4.78 is 30.3. The van der Waals surface area contributed by atoms with Crippen LogP contribution in [0, 0.1) is 5.82 Å². The number of ether oxygens (including phenoxy) is 3. The summed E-state index contributed by atoms with van der Waals surface area (Å²) in [6, 6.07) is 3.12. The van der Waals surface area contributed by atoms with Crippen LogP contribution in [0.2, 0.25) is 0 Å². The third-order valence-corrected chi connectivity index (χ3v) is 2.66. The first kappa shape index (κ1) is 11.8. The molecule has 0 amide bonds. The number of hydrogen-bond donors (Lipinski definition) is 0. The van der Waals surface area contributed by atoms with Crippen molar-refractivity contribution >= 4 is 15.9 Å². The molecule has 1 aliphatic rings. The van der Waals surface area contributed by atoms with Gasteiger partial charge < -0.3 is 14.2 Å². The van der Waals surface area contributed by atoms with Gasteiger partial charge in [-0.2, -0.15) is 0 Å². The molecule has 0 unspecified atom stereocenters. The second kappa shape index (κ2) is 5.12. The average Bonchev–Trinajstić information content (AvgIpc) is 2.75. The molecule has 5 heteroatoms. The van der Waals surface area contributed by atoms with E-state index < -0.39 is 12.1 Å². The third-order valence-electron chi connectivity index (χ3n) is 2.20. The van der Waals surface area contributed by atoms with E-state index in [1.54, 1.807) is 6.07 Å². The Kier molecular flexibility index (Phi) is 3.78. The van der Waals surface area contributed by atoms with Gasteiger partial charge in [0.2, 0.25) is 0 Å². The molecule has 2 rings (SSSR count). The largest absolute Gasteiger partial charge is 0.490 e. The number of rotatable bonds is 3. The summed E-state index contributed by atoms with van der Waals surface area (Å²) in [5.41, 5.74) is 0.589. The molecule has 1 saturated heterocycles. The van der Waals surface area contributed by atoms with Gasteiger partial charge in [-0.15, -0.1) is 0 Å². The molecule has 0 N–H and O–H groups in total. The van der Waals surface area contributed by atoms with Crippen molar-refractivity contribution in [2.75, 3.05) is 19.8 Å². The molecule has 1 aliphatic heterocycles. The van der Waals surface area contributed by atoms with Crippen LogP contribution < -0.4 is 4.74 Å². The molecule has 88 valence electrons. The normalized spacial score (nSPS) is 16.7. The average molecular weight is 291 g/mol. The predicted octanol–water partition coefficient (Wildman–Crippen LogP) is 3.03. The van der Waals surface area contributed by atoms with Crippen molar-refractivity contribution in [3.63, 3.8) is 0 Å². The van der Waals surface area contributed by atoms with Crippen LogP contribution >= 0.6 is 15.9 Å². The maximum absolute atomic E-state index is 13.7. The Hall–Kier alpha value is -0.650. The molecule has 1 fully saturated rings. The number of hydrogen-bond acceptors (Lipinski definition) is 3. The summed E-state index contributed by atoms with van der Waals surface area (Å²) in [6.45, 7) is 3.24. The molecule has 1 aromatic carbocycles. The topological polar surface area (TPSA) is 27.7 Å². The maximum Gasteiger partial charge on any atom is 0.187 e. The molecule has 0 spiro atoms. The van der Waals surface area contributed by atoms with Gasteiger partial charge in [-0.05, 0) is 19.1 Å². The lowest BCUT2D eigenvalue weighted by molar-refractivity contribution is -0.0460. The van der Waals surface area contributed by atoms with Crippen molar-refractivity contribution in [3.05, 3.63) is 28.0 Å². The van der Waals surface area contributed by atoms with Gasteiger partial charge in [-0.3, -0.25) is 0 Å². The fourth-order valence-corrected chi connectivity index (χ4v) is 2.04. The van der Waals surface area contributed by atoms with Crippen LogP contribution in [-0.4, -0.2) is 19.8 Å². The van der Waals surface area contributed by atoms with Crippen molar-refractivity contribution in [2.45, 2.75) is 13.2 Å². The zero-order valence-corrected chi connectivity index (χ0v) is 10.4. The zero-order valence-electron chi connectivity index (χ0n) is 8.83. The minimum atomic E-state index is -0.534. The van der Waals surface area contributed by atoms with E-state index in [0.29, 0.717) is 29.9 Å². The smallest absolute Gasteiger partial charge is 0.187 e. The number of halogens is 2. The summed E-state index contributed by atoms with van der Waals surface area (Å²) >= 11 is 3.24. The van der Waals surface area contributed by atoms with Gasteiger partial charge in [0.15, 0.2) is 17.9 Å². The van der Waals surface area contributed by atoms with Gasteiger partial charge in [0.05, 0.1) is 25.4 Å². The van der Waals surface area contributed by atoms with Crippen LogP contribution in [0.3, 0.4) is 0 Å². The van der Waals surface area contributed by atoms with Crippen LogP contribution in [0.4, 0.5) is 4.39 Å². The molecule has 16 heavy (non-hydrogen) atoms. The summed E-state index contributed by atoms with van der Waals surface area (Å²) in [7, 11) is 0. The van der Waals surface area contributed by atoms with E-state index >= 15 is 0 Å². The summed E-state index contributed by atoms with van der Waals surface area (Å²) in [5, 5.41) is 0. The van der Waals surface area contributed by atoms with E-state index in [2.05, 4.69) is 15.9 Å². The number of benzene rings is 1. The fraction of sp³-hybridized carbons (Fsp3) is 0.455. The van der Waals surface area contributed by atoms with Gasteiger partial charge in [-0.25, -0.2) is 4.39 Å². The SMILES string of the molecule is CCOc1c(F)cc(Br)cc1C1OCCO1. The monoisotopic (exact) mass is 290 g/mol. The Morgan fingerprint density at radius 1 is 1.44 bits per heavy atom. The molecule has 0 atom stereocenters. The van der Waals surface area contributed by atoms with E-state index in [4.69, 9.17) is 14.2 Å². The van der Waals surface area contributed by atoms with Crippen molar-refractivity contribution < 1.29 is 18.6 Å². The van der Waals surface area contributed by atoms with Gasteiger partial charge in [0.1, 0.15) is 0 Å². The summed E-state index contributed by atoms with van der Waals surface area (Å²) in [4.78, 5) is 0. The fourth-order valence-electron chi connectivity index (χ4n) is 1.59. The van der Waals surface area contributed by atoms with Crippen LogP contribution in [0.15, 0.2) is 16.6 Å². The molecular formula is C11H12BrFO3. The first-order valence-electron chi connectivity index (χ1n) is 5.07. The quantitative estimate of drug-likeness (QED) is 0.856. The Morgan fingerprint density at radius 3 is 2.75 bits per heavy atom. The highest BCUT2D eigenvalue weighted by Gasteiger charge is 2.24. The van der Waals surface area contributed by atoms with Crippen molar-refractivity contribution in [1.29, 1.82) is 0 Å². The standard InChI is InChI=1S/C11H12BrFO3/c1-2-14-10-8(11-15-3-4-16-11)5-7(12)6-9(10)13/h5-6,11H,2-4H2,1H3. The van der Waals surface area contributed by atoms with Gasteiger partial charge in [0, 0.05) is 4.47 Å². The summed E-state index contributed by atoms with van der Waals surface area (Å²) in [5.74, 6) is -0.206. The van der Waals surface area contributed by atoms with E-state index in [1.807, 2.05) is 6.92 Å². The second-order valence-corrected chi connectivity index (χ2v) is 4.23. The van der Waals surface area contributed by atoms with Crippen LogP contribution in [0.5, 0.6) is 5.75 Å². The lowest BCUT2D eigenvalue weighted by Crippen LogP contribution is -2.05. The Bertz CT molecular complexity index is 378. The van der Waals surface area contributed by atoms with Crippen LogP contribution in [0.1, 0.15) is 18.8 Å². The Morgan fingerprint density at radius 2 is 2.12 bits per heavy atom. The van der Waals surface area contributed by atoms with Gasteiger partial charge in [0.25, 0.3) is 0 Å². The first-order valence-corrected chi connectivity index (χ1v) is 5.86. The zero-order chi connectivity index (χ0) is 11.5. The first-order chi connectivity index (χ1) is 7.72. The minimum absolute atomic E-state index is 0.206. The molecule has 0 aliphatic carbocycles. The van der Waals surface area contributed by atoms with Gasteiger partial charge in [-0.1, -0.05) is 15.9 Å². The maximum atomic E-state index is 13.7.